The molecule has 5 heteroatoms. The van der Waals surface area contributed by atoms with Crippen LogP contribution in [0.1, 0.15) is 44.2 Å². The molecule has 0 saturated carbocycles. The lowest BCUT2D eigenvalue weighted by Crippen LogP contribution is -2.21. The highest BCUT2D eigenvalue weighted by Gasteiger charge is 2.18. The van der Waals surface area contributed by atoms with E-state index < -0.39 is 0 Å². The van der Waals surface area contributed by atoms with E-state index in [1.54, 1.807) is 12.1 Å². The van der Waals surface area contributed by atoms with Crippen molar-refractivity contribution in [2.24, 2.45) is 0 Å². The minimum Gasteiger partial charge on any atom is -0.419 e. The first-order valence-electron chi connectivity index (χ1n) is 6.99. The third kappa shape index (κ3) is 3.22. The highest BCUT2D eigenvalue weighted by molar-refractivity contribution is 5.54. The maximum absolute atomic E-state index is 13.8. The van der Waals surface area contributed by atoms with Gasteiger partial charge in [0.05, 0.1) is 11.6 Å². The topological polar surface area (TPSA) is 51.0 Å². The van der Waals surface area contributed by atoms with Gasteiger partial charge in [-0.2, -0.15) is 0 Å². The van der Waals surface area contributed by atoms with Crippen LogP contribution in [0.4, 0.5) is 4.39 Å². The number of halogens is 1. The zero-order valence-electron chi connectivity index (χ0n) is 12.1. The second kappa shape index (κ2) is 6.61. The van der Waals surface area contributed by atoms with E-state index in [0.717, 1.165) is 24.9 Å². The van der Waals surface area contributed by atoms with Crippen LogP contribution < -0.4 is 5.32 Å². The fraction of sp³-hybridized carbons (Fsp3) is 0.467. The number of aromatic nitrogens is 2. The molecule has 108 valence electrons. The second-order valence-corrected chi connectivity index (χ2v) is 4.84. The largest absolute Gasteiger partial charge is 0.419 e. The van der Waals surface area contributed by atoms with Crippen molar-refractivity contribution in [2.75, 3.05) is 6.54 Å². The van der Waals surface area contributed by atoms with Gasteiger partial charge in [0.1, 0.15) is 5.82 Å². The first-order valence-corrected chi connectivity index (χ1v) is 6.99. The van der Waals surface area contributed by atoms with E-state index in [4.69, 9.17) is 4.42 Å². The van der Waals surface area contributed by atoms with Gasteiger partial charge < -0.3 is 9.73 Å². The standard InChI is InChI=1S/C15H20FN3O/c1-4-8-17-13(5-2)15-19-18-14(20-15)11-9-10(3)6-7-12(11)16/h6-7,9,13,17H,4-5,8H2,1-3H3. The summed E-state index contributed by atoms with van der Waals surface area (Å²) in [6.45, 7) is 6.93. The van der Waals surface area contributed by atoms with Gasteiger partial charge in [-0.25, -0.2) is 4.39 Å². The van der Waals surface area contributed by atoms with Gasteiger partial charge in [-0.1, -0.05) is 25.5 Å². The predicted molar refractivity (Wildman–Crippen MR) is 75.8 cm³/mol. The van der Waals surface area contributed by atoms with Gasteiger partial charge in [0.2, 0.25) is 5.89 Å². The van der Waals surface area contributed by atoms with E-state index in [1.165, 1.54) is 6.07 Å². The van der Waals surface area contributed by atoms with Crippen LogP contribution in [0.3, 0.4) is 0 Å². The normalized spacial score (nSPS) is 12.6. The molecular formula is C15H20FN3O. The van der Waals surface area contributed by atoms with E-state index in [2.05, 4.69) is 22.4 Å². The Kier molecular flexibility index (Phi) is 4.84. The highest BCUT2D eigenvalue weighted by atomic mass is 19.1. The summed E-state index contributed by atoms with van der Waals surface area (Å²) in [5.41, 5.74) is 1.31. The van der Waals surface area contributed by atoms with Crippen LogP contribution in [-0.2, 0) is 0 Å². The van der Waals surface area contributed by atoms with Crippen LogP contribution in [0.5, 0.6) is 0 Å². The first-order chi connectivity index (χ1) is 9.65. The van der Waals surface area contributed by atoms with Crippen LogP contribution >= 0.6 is 0 Å². The summed E-state index contributed by atoms with van der Waals surface area (Å²) in [5, 5.41) is 11.3. The lowest BCUT2D eigenvalue weighted by molar-refractivity contribution is 0.395. The molecule has 1 heterocycles. The van der Waals surface area contributed by atoms with Crippen molar-refractivity contribution in [1.29, 1.82) is 0 Å². The van der Waals surface area contributed by atoms with Gasteiger partial charge >= 0.3 is 0 Å². The third-order valence-electron chi connectivity index (χ3n) is 3.14. The average molecular weight is 277 g/mol. The van der Waals surface area contributed by atoms with E-state index in [-0.39, 0.29) is 17.7 Å². The molecule has 20 heavy (non-hydrogen) atoms. The molecule has 1 aromatic carbocycles. The fourth-order valence-corrected chi connectivity index (χ4v) is 2.01. The first kappa shape index (κ1) is 14.7. The van der Waals surface area contributed by atoms with Crippen molar-refractivity contribution in [1.82, 2.24) is 15.5 Å². The van der Waals surface area contributed by atoms with Gasteiger partial charge in [0.15, 0.2) is 0 Å². The second-order valence-electron chi connectivity index (χ2n) is 4.84. The van der Waals surface area contributed by atoms with Gasteiger partial charge in [-0.05, 0) is 38.4 Å². The van der Waals surface area contributed by atoms with Crippen LogP contribution in [-0.4, -0.2) is 16.7 Å². The Balaban J connectivity index is 2.25. The molecule has 0 saturated heterocycles. The molecule has 2 aromatic rings. The van der Waals surface area contributed by atoms with Gasteiger partial charge in [0, 0.05) is 0 Å². The Morgan fingerprint density at radius 3 is 2.80 bits per heavy atom. The van der Waals surface area contributed by atoms with Gasteiger partial charge in [-0.3, -0.25) is 0 Å². The van der Waals surface area contributed by atoms with Gasteiger partial charge in [0.25, 0.3) is 5.89 Å². The molecule has 0 spiro atoms. The molecule has 1 unspecified atom stereocenters. The Labute approximate surface area is 118 Å². The molecule has 4 nitrogen and oxygen atoms in total. The molecule has 1 N–H and O–H groups in total. The zero-order valence-corrected chi connectivity index (χ0v) is 12.1. The number of hydrogen-bond acceptors (Lipinski definition) is 4. The third-order valence-corrected chi connectivity index (χ3v) is 3.14. The number of nitrogens with zero attached hydrogens (tertiary/aromatic N) is 2. The summed E-state index contributed by atoms with van der Waals surface area (Å²) < 4.78 is 19.4. The fourth-order valence-electron chi connectivity index (χ4n) is 2.01. The van der Waals surface area contributed by atoms with Gasteiger partial charge in [-0.15, -0.1) is 10.2 Å². The summed E-state index contributed by atoms with van der Waals surface area (Å²) in [4.78, 5) is 0. The number of aryl methyl sites for hydroxylation is 1. The minimum atomic E-state index is -0.347. The zero-order chi connectivity index (χ0) is 14.5. The van der Waals surface area contributed by atoms with Crippen LogP contribution in [0.2, 0.25) is 0 Å². The minimum absolute atomic E-state index is 0.0177. The lowest BCUT2D eigenvalue weighted by Gasteiger charge is -2.11. The van der Waals surface area contributed by atoms with Crippen molar-refractivity contribution in [3.63, 3.8) is 0 Å². The number of rotatable bonds is 6. The molecule has 0 fully saturated rings. The molecule has 0 radical (unpaired) electrons. The Bertz CT molecular complexity index is 568. The quantitative estimate of drug-likeness (QED) is 0.876. The molecule has 0 aliphatic heterocycles. The Morgan fingerprint density at radius 1 is 1.30 bits per heavy atom. The molecule has 1 aromatic heterocycles. The molecule has 2 rings (SSSR count). The monoisotopic (exact) mass is 277 g/mol. The summed E-state index contributed by atoms with van der Waals surface area (Å²) >= 11 is 0. The maximum atomic E-state index is 13.8. The summed E-state index contributed by atoms with van der Waals surface area (Å²) in [6.07, 6.45) is 1.88. The number of nitrogens with one attached hydrogen (secondary N) is 1. The SMILES string of the molecule is CCCNC(CC)c1nnc(-c2cc(C)ccc2F)o1. The maximum Gasteiger partial charge on any atom is 0.250 e. The molecule has 0 aliphatic carbocycles. The van der Waals surface area contributed by atoms with E-state index in [0.29, 0.717) is 11.5 Å². The van der Waals surface area contributed by atoms with Crippen molar-refractivity contribution in [2.45, 2.75) is 39.7 Å². The highest BCUT2D eigenvalue weighted by Crippen LogP contribution is 2.25. The molecular weight excluding hydrogens is 257 g/mol. The van der Waals surface area contributed by atoms with Crippen LogP contribution in [0.15, 0.2) is 22.6 Å². The summed E-state index contributed by atoms with van der Waals surface area (Å²) in [6, 6.07) is 4.87. The van der Waals surface area contributed by atoms with E-state index in [1.807, 2.05) is 13.8 Å². The molecule has 0 amide bonds. The van der Waals surface area contributed by atoms with Crippen molar-refractivity contribution < 1.29 is 8.81 Å². The number of hydrogen-bond donors (Lipinski definition) is 1. The Hall–Kier alpha value is -1.75. The number of benzene rings is 1. The van der Waals surface area contributed by atoms with Crippen LogP contribution in [0, 0.1) is 12.7 Å². The smallest absolute Gasteiger partial charge is 0.250 e. The van der Waals surface area contributed by atoms with Crippen molar-refractivity contribution in [3.05, 3.63) is 35.5 Å². The van der Waals surface area contributed by atoms with Crippen molar-refractivity contribution in [3.8, 4) is 11.5 Å². The lowest BCUT2D eigenvalue weighted by atomic mass is 10.1. The van der Waals surface area contributed by atoms with Crippen molar-refractivity contribution >= 4 is 0 Å². The van der Waals surface area contributed by atoms with E-state index >= 15 is 0 Å². The predicted octanol–water partition coefficient (Wildman–Crippen LogP) is 3.63. The average Bonchev–Trinajstić information content (AvgIpc) is 2.92. The van der Waals surface area contributed by atoms with E-state index in [9.17, 15) is 4.39 Å². The Morgan fingerprint density at radius 2 is 2.10 bits per heavy atom. The van der Waals surface area contributed by atoms with Crippen LogP contribution in [0.25, 0.3) is 11.5 Å². The molecule has 0 bridgehead atoms. The molecule has 0 aliphatic rings. The summed E-state index contributed by atoms with van der Waals surface area (Å²) in [7, 11) is 0. The summed E-state index contributed by atoms with van der Waals surface area (Å²) in [5.74, 6) is 0.398. The molecule has 1 atom stereocenters.